The summed E-state index contributed by atoms with van der Waals surface area (Å²) in [7, 11) is 0. The first-order valence-electron chi connectivity index (χ1n) is 7.71. The lowest BCUT2D eigenvalue weighted by Crippen LogP contribution is -2.44. The Hall–Kier alpha value is -1.06. The number of aliphatic carboxylic acids is 1. The van der Waals surface area contributed by atoms with E-state index in [0.717, 1.165) is 25.7 Å². The minimum absolute atomic E-state index is 0.132. The molecule has 0 aromatic carbocycles. The van der Waals surface area contributed by atoms with Gasteiger partial charge in [0, 0.05) is 12.0 Å². The summed E-state index contributed by atoms with van der Waals surface area (Å²) in [4.78, 5) is 23.6. The van der Waals surface area contributed by atoms with Crippen LogP contribution in [-0.2, 0) is 9.59 Å². The molecule has 4 heteroatoms. The molecule has 4 nitrogen and oxygen atoms in total. The van der Waals surface area contributed by atoms with Gasteiger partial charge in [-0.25, -0.2) is 0 Å². The second-order valence-corrected chi connectivity index (χ2v) is 6.48. The summed E-state index contributed by atoms with van der Waals surface area (Å²) in [5, 5.41) is 12.4. The molecule has 4 atom stereocenters. The molecule has 0 radical (unpaired) electrons. The van der Waals surface area contributed by atoms with Crippen LogP contribution in [0.1, 0.15) is 51.4 Å². The van der Waals surface area contributed by atoms with Gasteiger partial charge in [0.05, 0.1) is 5.92 Å². The summed E-state index contributed by atoms with van der Waals surface area (Å²) in [5.74, 6) is 0.413. The van der Waals surface area contributed by atoms with Gasteiger partial charge in [-0.2, -0.15) is 0 Å². The summed E-state index contributed by atoms with van der Waals surface area (Å²) in [5.41, 5.74) is 0. The van der Waals surface area contributed by atoms with Crippen molar-refractivity contribution in [3.63, 3.8) is 0 Å². The highest BCUT2D eigenvalue weighted by Gasteiger charge is 2.56. The summed E-state index contributed by atoms with van der Waals surface area (Å²) < 4.78 is 0. The molecular weight excluding hydrogens is 242 g/mol. The van der Waals surface area contributed by atoms with E-state index in [-0.39, 0.29) is 23.8 Å². The number of carboxylic acid groups (broad SMARTS) is 1. The lowest BCUT2D eigenvalue weighted by molar-refractivity contribution is -0.143. The molecule has 0 aliphatic heterocycles. The van der Waals surface area contributed by atoms with E-state index in [9.17, 15) is 14.7 Å². The van der Waals surface area contributed by atoms with E-state index in [1.54, 1.807) is 0 Å². The molecular formula is C15H23NO3. The van der Waals surface area contributed by atoms with Crippen molar-refractivity contribution >= 4 is 11.9 Å². The van der Waals surface area contributed by atoms with Gasteiger partial charge in [0.1, 0.15) is 0 Å². The highest BCUT2D eigenvalue weighted by atomic mass is 16.4. The molecule has 3 fully saturated rings. The van der Waals surface area contributed by atoms with E-state index >= 15 is 0 Å². The third-order valence-electron chi connectivity index (χ3n) is 5.37. The van der Waals surface area contributed by atoms with Crippen molar-refractivity contribution in [3.8, 4) is 0 Å². The van der Waals surface area contributed by atoms with Gasteiger partial charge in [-0.15, -0.1) is 0 Å². The number of hydrogen-bond donors (Lipinski definition) is 2. The number of carbonyl (C=O) groups excluding carboxylic acids is 1. The molecule has 19 heavy (non-hydrogen) atoms. The SMILES string of the molecule is O=C(N[C@H]1CCCCC[C@H]1C(=O)O)C1C2CCCC21. The third-order valence-corrected chi connectivity index (χ3v) is 5.37. The van der Waals surface area contributed by atoms with Crippen LogP contribution in [0.4, 0.5) is 0 Å². The molecule has 0 heterocycles. The molecule has 2 unspecified atom stereocenters. The molecule has 2 N–H and O–H groups in total. The van der Waals surface area contributed by atoms with E-state index in [4.69, 9.17) is 0 Å². The maximum Gasteiger partial charge on any atom is 0.308 e. The number of nitrogens with one attached hydrogen (secondary N) is 1. The van der Waals surface area contributed by atoms with Crippen LogP contribution in [0.15, 0.2) is 0 Å². The van der Waals surface area contributed by atoms with Crippen LogP contribution < -0.4 is 5.32 Å². The van der Waals surface area contributed by atoms with Crippen molar-refractivity contribution < 1.29 is 14.7 Å². The lowest BCUT2D eigenvalue weighted by atomic mass is 9.94. The second-order valence-electron chi connectivity index (χ2n) is 6.48. The van der Waals surface area contributed by atoms with Crippen molar-refractivity contribution in [2.24, 2.45) is 23.7 Å². The first-order chi connectivity index (χ1) is 9.18. The molecule has 106 valence electrons. The topological polar surface area (TPSA) is 66.4 Å². The van der Waals surface area contributed by atoms with Crippen LogP contribution in [0.5, 0.6) is 0 Å². The summed E-state index contributed by atoms with van der Waals surface area (Å²) in [6.45, 7) is 0. The largest absolute Gasteiger partial charge is 0.481 e. The maximum atomic E-state index is 12.3. The molecule has 3 saturated carbocycles. The fourth-order valence-electron chi connectivity index (χ4n) is 4.27. The van der Waals surface area contributed by atoms with Gasteiger partial charge < -0.3 is 10.4 Å². The molecule has 1 amide bonds. The van der Waals surface area contributed by atoms with Gasteiger partial charge in [0.25, 0.3) is 0 Å². The fraction of sp³-hybridized carbons (Fsp3) is 0.867. The van der Waals surface area contributed by atoms with E-state index in [1.807, 2.05) is 0 Å². The van der Waals surface area contributed by atoms with Gasteiger partial charge in [0.15, 0.2) is 0 Å². The monoisotopic (exact) mass is 265 g/mol. The minimum atomic E-state index is -0.747. The molecule has 0 saturated heterocycles. The predicted molar refractivity (Wildman–Crippen MR) is 70.5 cm³/mol. The number of carbonyl (C=O) groups is 2. The molecule has 0 bridgehead atoms. The molecule has 3 aliphatic rings. The average molecular weight is 265 g/mol. The van der Waals surface area contributed by atoms with E-state index < -0.39 is 5.97 Å². The average Bonchev–Trinajstić information content (AvgIpc) is 2.96. The highest BCUT2D eigenvalue weighted by molar-refractivity contribution is 5.83. The van der Waals surface area contributed by atoms with E-state index in [2.05, 4.69) is 5.32 Å². The Morgan fingerprint density at radius 1 is 0.895 bits per heavy atom. The highest BCUT2D eigenvalue weighted by Crippen LogP contribution is 2.57. The van der Waals surface area contributed by atoms with Crippen LogP contribution in [0.2, 0.25) is 0 Å². The summed E-state index contributed by atoms with van der Waals surface area (Å²) in [6, 6.07) is -0.145. The van der Waals surface area contributed by atoms with Crippen LogP contribution >= 0.6 is 0 Å². The van der Waals surface area contributed by atoms with Gasteiger partial charge in [0.2, 0.25) is 5.91 Å². The predicted octanol–water partition coefficient (Wildman–Crippen LogP) is 2.18. The Labute approximate surface area is 113 Å². The van der Waals surface area contributed by atoms with Crippen LogP contribution in [0.3, 0.4) is 0 Å². The van der Waals surface area contributed by atoms with Crippen molar-refractivity contribution in [3.05, 3.63) is 0 Å². The van der Waals surface area contributed by atoms with Gasteiger partial charge >= 0.3 is 5.97 Å². The zero-order valence-electron chi connectivity index (χ0n) is 11.3. The zero-order chi connectivity index (χ0) is 13.4. The van der Waals surface area contributed by atoms with Crippen molar-refractivity contribution in [2.45, 2.75) is 57.4 Å². The Kier molecular flexibility index (Phi) is 3.50. The fourth-order valence-corrected chi connectivity index (χ4v) is 4.27. The maximum absolute atomic E-state index is 12.3. The Morgan fingerprint density at radius 3 is 2.26 bits per heavy atom. The normalized spacial score (nSPS) is 41.2. The molecule has 0 spiro atoms. The first-order valence-corrected chi connectivity index (χ1v) is 7.71. The van der Waals surface area contributed by atoms with Crippen LogP contribution in [-0.4, -0.2) is 23.0 Å². The Morgan fingerprint density at radius 2 is 1.58 bits per heavy atom. The Bertz CT molecular complexity index is 372. The van der Waals surface area contributed by atoms with Crippen molar-refractivity contribution in [1.82, 2.24) is 5.32 Å². The van der Waals surface area contributed by atoms with Crippen LogP contribution in [0.25, 0.3) is 0 Å². The van der Waals surface area contributed by atoms with Crippen molar-refractivity contribution in [1.29, 1.82) is 0 Å². The number of carboxylic acids is 1. The molecule has 0 aromatic heterocycles. The van der Waals surface area contributed by atoms with Gasteiger partial charge in [-0.1, -0.05) is 25.7 Å². The van der Waals surface area contributed by atoms with E-state index in [0.29, 0.717) is 18.3 Å². The Balaban J connectivity index is 1.60. The van der Waals surface area contributed by atoms with E-state index in [1.165, 1.54) is 19.3 Å². The standard InChI is InChI=1S/C15H23NO3/c17-14(13-9-6-4-7-10(9)13)16-12-8-3-1-2-5-11(12)15(18)19/h9-13H,1-8H2,(H,16,17)(H,18,19)/t9?,10?,11-,12+,13?/m1/s1. The smallest absolute Gasteiger partial charge is 0.308 e. The molecule has 3 rings (SSSR count). The lowest BCUT2D eigenvalue weighted by Gasteiger charge is -2.23. The third kappa shape index (κ3) is 2.49. The quantitative estimate of drug-likeness (QED) is 0.769. The van der Waals surface area contributed by atoms with Crippen molar-refractivity contribution in [2.75, 3.05) is 0 Å². The summed E-state index contributed by atoms with van der Waals surface area (Å²) >= 11 is 0. The number of rotatable bonds is 3. The van der Waals surface area contributed by atoms with Gasteiger partial charge in [-0.05, 0) is 37.5 Å². The summed E-state index contributed by atoms with van der Waals surface area (Å²) in [6.07, 6.45) is 8.27. The number of fused-ring (bicyclic) bond motifs is 1. The van der Waals surface area contributed by atoms with Crippen LogP contribution in [0, 0.1) is 23.7 Å². The van der Waals surface area contributed by atoms with Gasteiger partial charge in [-0.3, -0.25) is 9.59 Å². The number of hydrogen-bond acceptors (Lipinski definition) is 2. The molecule has 0 aromatic rings. The zero-order valence-corrected chi connectivity index (χ0v) is 11.3. The number of amides is 1. The second kappa shape index (κ2) is 5.14. The molecule has 3 aliphatic carbocycles. The first kappa shape index (κ1) is 12.9. The minimum Gasteiger partial charge on any atom is -0.481 e.